The molecule has 2 heteroatoms. The second-order valence-electron chi connectivity index (χ2n) is 4.62. The van der Waals surface area contributed by atoms with Gasteiger partial charge in [0.05, 0.1) is 0 Å². The molecule has 0 aliphatic heterocycles. The van der Waals surface area contributed by atoms with Gasteiger partial charge in [0, 0.05) is 19.5 Å². The minimum atomic E-state index is 0. The summed E-state index contributed by atoms with van der Waals surface area (Å²) in [5.41, 5.74) is 0. The molecule has 4 saturated carbocycles. The second-order valence-corrected chi connectivity index (χ2v) is 4.62. The first-order chi connectivity index (χ1) is 4.90. The molecule has 4 fully saturated rings. The fraction of sp³-hybridized carbons (Fsp3) is 0.900. The van der Waals surface area contributed by atoms with Crippen molar-refractivity contribution < 1.29 is 19.5 Å². The van der Waals surface area contributed by atoms with Crippen LogP contribution in [-0.2, 0) is 19.5 Å². The molecule has 4 aliphatic carbocycles. The van der Waals surface area contributed by atoms with Crippen LogP contribution in [0.4, 0.5) is 0 Å². The summed E-state index contributed by atoms with van der Waals surface area (Å²) in [5.74, 6) is 4.40. The molecule has 0 atom stereocenters. The Kier molecular flexibility index (Phi) is 3.81. The van der Waals surface area contributed by atoms with Gasteiger partial charge in [-0.2, -0.15) is 11.8 Å². The van der Waals surface area contributed by atoms with Gasteiger partial charge in [-0.05, 0) is 18.3 Å². The SMILES string of the molecule is Br.[CH-]1C2CC3CC1CC(C2)C3.[Zn]. The molecule has 0 spiro atoms. The summed E-state index contributed by atoms with van der Waals surface area (Å²) in [6, 6.07) is 0. The van der Waals surface area contributed by atoms with E-state index in [2.05, 4.69) is 6.42 Å². The van der Waals surface area contributed by atoms with Crippen LogP contribution in [0.2, 0.25) is 0 Å². The molecule has 0 N–H and O–H groups in total. The van der Waals surface area contributed by atoms with Crippen LogP contribution in [-0.4, -0.2) is 0 Å². The fourth-order valence-corrected chi connectivity index (χ4v) is 3.65. The third-order valence-electron chi connectivity index (χ3n) is 3.76. The van der Waals surface area contributed by atoms with Crippen molar-refractivity contribution in [2.45, 2.75) is 32.1 Å². The standard InChI is InChI=1S/C10H15.BrH.Zn/c1-7-2-9-4-8(1)5-10(3-7)6-9;;/h1,7-10H,2-6H2;1H;/q-1;;. The van der Waals surface area contributed by atoms with Crippen molar-refractivity contribution >= 4 is 17.0 Å². The smallest absolute Gasteiger partial charge is 0 e. The molecule has 0 radical (unpaired) electrons. The first-order valence-corrected chi connectivity index (χ1v) is 4.75. The van der Waals surface area contributed by atoms with E-state index >= 15 is 0 Å². The molecule has 0 saturated heterocycles. The molecule has 4 aliphatic rings. The zero-order valence-corrected chi connectivity index (χ0v) is 12.2. The first kappa shape index (κ1) is 11.2. The monoisotopic (exact) mass is 279 g/mol. The van der Waals surface area contributed by atoms with Crippen molar-refractivity contribution in [2.75, 3.05) is 0 Å². The minimum Gasteiger partial charge on any atom is -0.322 e. The maximum Gasteiger partial charge on any atom is 0 e. The van der Waals surface area contributed by atoms with E-state index in [9.17, 15) is 0 Å². The van der Waals surface area contributed by atoms with E-state index in [0.717, 1.165) is 23.7 Å². The Morgan fingerprint density at radius 3 is 1.50 bits per heavy atom. The maximum absolute atomic E-state index is 2.66. The summed E-state index contributed by atoms with van der Waals surface area (Å²) in [4.78, 5) is 0. The Balaban J connectivity index is 0.000000360. The van der Waals surface area contributed by atoms with E-state index in [1.807, 2.05) is 0 Å². The molecule has 4 bridgehead atoms. The van der Waals surface area contributed by atoms with Gasteiger partial charge in [-0.15, -0.1) is 17.0 Å². The second kappa shape index (κ2) is 4.09. The third kappa shape index (κ3) is 1.80. The van der Waals surface area contributed by atoms with Crippen molar-refractivity contribution in [3.63, 3.8) is 0 Å². The summed E-state index contributed by atoms with van der Waals surface area (Å²) >= 11 is 0. The topological polar surface area (TPSA) is 0 Å². The van der Waals surface area contributed by atoms with Crippen molar-refractivity contribution in [3.8, 4) is 0 Å². The van der Waals surface area contributed by atoms with E-state index in [0.29, 0.717) is 0 Å². The molecule has 0 unspecified atom stereocenters. The van der Waals surface area contributed by atoms with Gasteiger partial charge in [0.15, 0.2) is 0 Å². The molecule has 0 aromatic carbocycles. The zero-order valence-electron chi connectivity index (χ0n) is 7.54. The molecular formula is C10H16BrZn-. The van der Waals surface area contributed by atoms with Crippen molar-refractivity contribution in [1.82, 2.24) is 0 Å². The van der Waals surface area contributed by atoms with Gasteiger partial charge < -0.3 is 6.42 Å². The zero-order chi connectivity index (χ0) is 6.55. The summed E-state index contributed by atoms with van der Waals surface area (Å²) in [5, 5.41) is 0. The number of hydrogen-bond donors (Lipinski definition) is 0. The Morgan fingerprint density at radius 1 is 0.750 bits per heavy atom. The van der Waals surface area contributed by atoms with Crippen LogP contribution in [0, 0.1) is 30.1 Å². The van der Waals surface area contributed by atoms with Crippen LogP contribution in [0.1, 0.15) is 32.1 Å². The average molecular weight is 282 g/mol. The molecule has 0 nitrogen and oxygen atoms in total. The number of hydrogen-bond acceptors (Lipinski definition) is 0. The fourth-order valence-electron chi connectivity index (χ4n) is 3.65. The molecule has 4 rings (SSSR count). The molecule has 0 aromatic heterocycles. The third-order valence-corrected chi connectivity index (χ3v) is 3.76. The van der Waals surface area contributed by atoms with Crippen LogP contribution in [0.3, 0.4) is 0 Å². The van der Waals surface area contributed by atoms with E-state index < -0.39 is 0 Å². The molecule has 0 aromatic rings. The summed E-state index contributed by atoms with van der Waals surface area (Å²) in [7, 11) is 0. The van der Waals surface area contributed by atoms with Crippen LogP contribution in [0.15, 0.2) is 0 Å². The van der Waals surface area contributed by atoms with Gasteiger partial charge in [0.1, 0.15) is 0 Å². The van der Waals surface area contributed by atoms with Gasteiger partial charge in [-0.3, -0.25) is 0 Å². The largest absolute Gasteiger partial charge is 0.322 e. The molecule has 0 amide bonds. The van der Waals surface area contributed by atoms with Crippen LogP contribution < -0.4 is 0 Å². The quantitative estimate of drug-likeness (QED) is 0.472. The average Bonchev–Trinajstić information content (AvgIpc) is 1.82. The molecular weight excluding hydrogens is 265 g/mol. The van der Waals surface area contributed by atoms with Gasteiger partial charge in [-0.25, -0.2) is 0 Å². The Labute approximate surface area is 98.4 Å². The number of rotatable bonds is 0. The minimum absolute atomic E-state index is 0. The van der Waals surface area contributed by atoms with Gasteiger partial charge in [-0.1, -0.05) is 25.7 Å². The van der Waals surface area contributed by atoms with Gasteiger partial charge in [0.2, 0.25) is 0 Å². The van der Waals surface area contributed by atoms with E-state index in [1.54, 1.807) is 32.1 Å². The Morgan fingerprint density at radius 2 is 1.17 bits per heavy atom. The maximum atomic E-state index is 2.66. The van der Waals surface area contributed by atoms with Crippen molar-refractivity contribution in [3.05, 3.63) is 6.42 Å². The molecule has 0 heterocycles. The van der Waals surface area contributed by atoms with E-state index in [1.165, 1.54) is 0 Å². The van der Waals surface area contributed by atoms with Crippen LogP contribution >= 0.6 is 17.0 Å². The Hall–Kier alpha value is 1.10. The van der Waals surface area contributed by atoms with E-state index in [-0.39, 0.29) is 36.5 Å². The predicted molar refractivity (Wildman–Crippen MR) is 51.7 cm³/mol. The summed E-state index contributed by atoms with van der Waals surface area (Å²) in [6.45, 7) is 0. The van der Waals surface area contributed by atoms with Crippen LogP contribution in [0.5, 0.6) is 0 Å². The molecule has 12 heavy (non-hydrogen) atoms. The Bertz CT molecular complexity index is 101. The van der Waals surface area contributed by atoms with Crippen molar-refractivity contribution in [1.29, 1.82) is 0 Å². The van der Waals surface area contributed by atoms with Crippen molar-refractivity contribution in [2.24, 2.45) is 23.7 Å². The van der Waals surface area contributed by atoms with Gasteiger partial charge >= 0.3 is 0 Å². The van der Waals surface area contributed by atoms with Gasteiger partial charge in [0.25, 0.3) is 0 Å². The number of halogens is 1. The normalized spacial score (nSPS) is 48.0. The van der Waals surface area contributed by atoms with E-state index in [4.69, 9.17) is 0 Å². The summed E-state index contributed by atoms with van der Waals surface area (Å²) < 4.78 is 0. The predicted octanol–water partition coefficient (Wildman–Crippen LogP) is 3.22. The summed E-state index contributed by atoms with van der Waals surface area (Å²) in [6.07, 6.45) is 10.4. The van der Waals surface area contributed by atoms with Crippen LogP contribution in [0.25, 0.3) is 0 Å². The molecule has 66 valence electrons. The first-order valence-electron chi connectivity index (χ1n) is 4.75.